The Balaban J connectivity index is 2.60. The first kappa shape index (κ1) is 11.0. The Morgan fingerprint density at radius 1 is 1.57 bits per heavy atom. The van der Waals surface area contributed by atoms with Crippen molar-refractivity contribution in [3.63, 3.8) is 0 Å². The molecule has 2 atom stereocenters. The van der Waals surface area contributed by atoms with E-state index in [2.05, 4.69) is 0 Å². The molecule has 1 aliphatic rings. The van der Waals surface area contributed by atoms with Crippen LogP contribution in [0.5, 0.6) is 0 Å². The van der Waals surface area contributed by atoms with Gasteiger partial charge in [0.1, 0.15) is 0 Å². The molecule has 80 valence electrons. The minimum Gasteiger partial charge on any atom is -0.460 e. The largest absolute Gasteiger partial charge is 0.460 e. The van der Waals surface area contributed by atoms with E-state index in [1.165, 1.54) is 0 Å². The Hall–Kier alpha value is -1.03. The number of ether oxygens (including phenoxy) is 3. The van der Waals surface area contributed by atoms with E-state index in [0.717, 1.165) is 6.42 Å². The van der Waals surface area contributed by atoms with E-state index in [1.54, 1.807) is 20.1 Å². The first-order valence-electron chi connectivity index (χ1n) is 4.81. The predicted molar refractivity (Wildman–Crippen MR) is 50.4 cm³/mol. The fraction of sp³-hybridized carbons (Fsp3) is 0.700. The summed E-state index contributed by atoms with van der Waals surface area (Å²) < 4.78 is 15.2. The molecule has 0 aromatic carbocycles. The second-order valence-electron chi connectivity index (χ2n) is 3.05. The number of hydrogen-bond donors (Lipinski definition) is 0. The number of carbonyl (C=O) groups excluding carboxylic acids is 1. The van der Waals surface area contributed by atoms with Gasteiger partial charge in [0, 0.05) is 13.0 Å². The number of esters is 1. The van der Waals surface area contributed by atoms with E-state index in [4.69, 9.17) is 14.2 Å². The van der Waals surface area contributed by atoms with Crippen LogP contribution in [0.4, 0.5) is 0 Å². The number of rotatable bonds is 4. The highest BCUT2D eigenvalue weighted by Gasteiger charge is 2.31. The van der Waals surface area contributed by atoms with Crippen LogP contribution in [0, 0.1) is 5.92 Å². The van der Waals surface area contributed by atoms with Crippen molar-refractivity contribution in [3.05, 3.63) is 11.8 Å². The summed E-state index contributed by atoms with van der Waals surface area (Å²) in [7, 11) is 1.56. The summed E-state index contributed by atoms with van der Waals surface area (Å²) in [5, 5.41) is 0. The zero-order chi connectivity index (χ0) is 10.6. The summed E-state index contributed by atoms with van der Waals surface area (Å²) in [5.41, 5.74) is 0. The summed E-state index contributed by atoms with van der Waals surface area (Å²) in [6.45, 7) is 4.14. The monoisotopic (exact) mass is 200 g/mol. The molecule has 0 aliphatic carbocycles. The molecule has 0 amide bonds. The fourth-order valence-corrected chi connectivity index (χ4v) is 1.38. The Morgan fingerprint density at radius 3 is 2.71 bits per heavy atom. The lowest BCUT2D eigenvalue weighted by Gasteiger charge is -2.15. The molecular weight excluding hydrogens is 184 g/mol. The summed E-state index contributed by atoms with van der Waals surface area (Å²) in [5.74, 6) is -0.00421. The highest BCUT2D eigenvalue weighted by Crippen LogP contribution is 2.26. The maximum atomic E-state index is 11.3. The molecule has 1 heterocycles. The van der Waals surface area contributed by atoms with Gasteiger partial charge in [0.25, 0.3) is 0 Å². The third-order valence-corrected chi connectivity index (χ3v) is 2.14. The van der Waals surface area contributed by atoms with E-state index >= 15 is 0 Å². The van der Waals surface area contributed by atoms with Crippen molar-refractivity contribution in [3.8, 4) is 0 Å². The van der Waals surface area contributed by atoms with Crippen LogP contribution in [0.3, 0.4) is 0 Å². The van der Waals surface area contributed by atoms with Crippen LogP contribution in [0.1, 0.15) is 20.3 Å². The van der Waals surface area contributed by atoms with Gasteiger partial charge in [0.15, 0.2) is 0 Å². The Labute approximate surface area is 83.8 Å². The Kier molecular flexibility index (Phi) is 3.95. The van der Waals surface area contributed by atoms with E-state index < -0.39 is 5.97 Å². The second-order valence-corrected chi connectivity index (χ2v) is 3.05. The van der Waals surface area contributed by atoms with Crippen LogP contribution >= 0.6 is 0 Å². The molecule has 0 spiro atoms. The standard InChI is InChI=1S/C10H16O4/c1-4-7-6-8(9(11)13-5-2)14-10(7)12-3/h6-7,10H,4-5H2,1-3H3/t7-,10-/m0/s1. The molecule has 4 nitrogen and oxygen atoms in total. The number of carbonyl (C=O) groups is 1. The maximum Gasteiger partial charge on any atom is 0.373 e. The fourth-order valence-electron chi connectivity index (χ4n) is 1.38. The van der Waals surface area contributed by atoms with Gasteiger partial charge < -0.3 is 14.2 Å². The van der Waals surface area contributed by atoms with Gasteiger partial charge in [-0.3, -0.25) is 0 Å². The molecule has 1 aliphatic heterocycles. The van der Waals surface area contributed by atoms with Crippen LogP contribution < -0.4 is 0 Å². The SMILES string of the molecule is CCOC(=O)C1=C[C@H](CC)[C@@H](OC)O1. The summed E-state index contributed by atoms with van der Waals surface area (Å²) in [6.07, 6.45) is 2.30. The Bertz CT molecular complexity index is 234. The van der Waals surface area contributed by atoms with E-state index in [0.29, 0.717) is 6.61 Å². The minimum absolute atomic E-state index is 0.138. The van der Waals surface area contributed by atoms with Gasteiger partial charge in [0.2, 0.25) is 12.0 Å². The van der Waals surface area contributed by atoms with Crippen molar-refractivity contribution < 1.29 is 19.0 Å². The van der Waals surface area contributed by atoms with Gasteiger partial charge >= 0.3 is 5.97 Å². The molecule has 1 rings (SSSR count). The average Bonchev–Trinajstić information content (AvgIpc) is 2.61. The normalized spacial score (nSPS) is 25.5. The molecule has 14 heavy (non-hydrogen) atoms. The van der Waals surface area contributed by atoms with Crippen molar-refractivity contribution in [1.82, 2.24) is 0 Å². The lowest BCUT2D eigenvalue weighted by molar-refractivity contribution is -0.151. The third-order valence-electron chi connectivity index (χ3n) is 2.14. The molecule has 0 saturated carbocycles. The summed E-state index contributed by atoms with van der Waals surface area (Å²) >= 11 is 0. The molecule has 0 saturated heterocycles. The van der Waals surface area contributed by atoms with Crippen molar-refractivity contribution in [1.29, 1.82) is 0 Å². The molecule has 0 aromatic heterocycles. The first-order chi connectivity index (χ1) is 6.72. The van der Waals surface area contributed by atoms with Crippen LogP contribution in [0.15, 0.2) is 11.8 Å². The van der Waals surface area contributed by atoms with Gasteiger partial charge in [-0.2, -0.15) is 0 Å². The molecule has 0 radical (unpaired) electrons. The number of methoxy groups -OCH3 is 1. The quantitative estimate of drug-likeness (QED) is 0.644. The van der Waals surface area contributed by atoms with Crippen LogP contribution in [-0.4, -0.2) is 26.0 Å². The molecule has 0 unspecified atom stereocenters. The number of hydrogen-bond acceptors (Lipinski definition) is 4. The molecule has 0 aromatic rings. The van der Waals surface area contributed by atoms with Crippen molar-refractivity contribution in [2.24, 2.45) is 5.92 Å². The Morgan fingerprint density at radius 2 is 2.29 bits per heavy atom. The van der Waals surface area contributed by atoms with E-state index in [9.17, 15) is 4.79 Å². The predicted octanol–water partition coefficient (Wildman–Crippen LogP) is 1.46. The van der Waals surface area contributed by atoms with Crippen molar-refractivity contribution in [2.45, 2.75) is 26.6 Å². The van der Waals surface area contributed by atoms with Crippen LogP contribution in [0.2, 0.25) is 0 Å². The maximum absolute atomic E-state index is 11.3. The smallest absolute Gasteiger partial charge is 0.373 e. The summed E-state index contributed by atoms with van der Waals surface area (Å²) in [6, 6.07) is 0. The van der Waals surface area contributed by atoms with Gasteiger partial charge in [-0.25, -0.2) is 4.79 Å². The lowest BCUT2D eigenvalue weighted by Crippen LogP contribution is -2.19. The van der Waals surface area contributed by atoms with E-state index in [-0.39, 0.29) is 18.0 Å². The summed E-state index contributed by atoms with van der Waals surface area (Å²) in [4.78, 5) is 11.3. The van der Waals surface area contributed by atoms with Gasteiger partial charge in [-0.05, 0) is 19.4 Å². The zero-order valence-electron chi connectivity index (χ0n) is 8.78. The van der Waals surface area contributed by atoms with Crippen molar-refractivity contribution in [2.75, 3.05) is 13.7 Å². The first-order valence-corrected chi connectivity index (χ1v) is 4.81. The highest BCUT2D eigenvalue weighted by atomic mass is 16.7. The van der Waals surface area contributed by atoms with Crippen LogP contribution in [0.25, 0.3) is 0 Å². The molecule has 0 fully saturated rings. The highest BCUT2D eigenvalue weighted by molar-refractivity contribution is 5.86. The van der Waals surface area contributed by atoms with Gasteiger partial charge in [-0.15, -0.1) is 0 Å². The topological polar surface area (TPSA) is 44.8 Å². The third kappa shape index (κ3) is 2.26. The average molecular weight is 200 g/mol. The molecule has 4 heteroatoms. The van der Waals surface area contributed by atoms with Gasteiger partial charge in [0.05, 0.1) is 6.61 Å². The minimum atomic E-state index is -0.412. The molecule has 0 bridgehead atoms. The van der Waals surface area contributed by atoms with E-state index in [1.807, 2.05) is 6.92 Å². The van der Waals surface area contributed by atoms with Crippen LogP contribution in [-0.2, 0) is 19.0 Å². The zero-order valence-corrected chi connectivity index (χ0v) is 8.78. The molecular formula is C10H16O4. The van der Waals surface area contributed by atoms with Crippen molar-refractivity contribution >= 4 is 5.97 Å². The van der Waals surface area contributed by atoms with Gasteiger partial charge in [-0.1, -0.05) is 6.92 Å². The second kappa shape index (κ2) is 5.00. The lowest BCUT2D eigenvalue weighted by atomic mass is 10.1. The molecule has 0 N–H and O–H groups in total.